The molecule has 0 aliphatic carbocycles. The van der Waals surface area contributed by atoms with Gasteiger partial charge >= 0.3 is 0 Å². The van der Waals surface area contributed by atoms with Gasteiger partial charge < -0.3 is 10.1 Å². The molecule has 0 bridgehead atoms. The molecule has 2 nitrogen and oxygen atoms in total. The fraction of sp³-hybridized carbons (Fsp3) is 1.00. The summed E-state index contributed by atoms with van der Waals surface area (Å²) in [5, 5.41) is 3.76. The van der Waals surface area contributed by atoms with Crippen molar-refractivity contribution >= 4 is 11.8 Å². The van der Waals surface area contributed by atoms with Gasteiger partial charge in [-0.3, -0.25) is 0 Å². The molecule has 2 aliphatic rings. The van der Waals surface area contributed by atoms with Crippen molar-refractivity contribution < 1.29 is 4.74 Å². The summed E-state index contributed by atoms with van der Waals surface area (Å²) in [5.74, 6) is 3.52. The molecule has 0 radical (unpaired) electrons. The first-order chi connectivity index (χ1) is 7.37. The molecule has 2 unspecified atom stereocenters. The Hall–Kier alpha value is 0.270. The van der Waals surface area contributed by atoms with Gasteiger partial charge in [0.1, 0.15) is 0 Å². The quantitative estimate of drug-likeness (QED) is 0.802. The lowest BCUT2D eigenvalue weighted by Crippen LogP contribution is -2.58. The summed E-state index contributed by atoms with van der Waals surface area (Å²) in [6.45, 7) is 2.09. The summed E-state index contributed by atoms with van der Waals surface area (Å²) < 4.78 is 5.47. The maximum atomic E-state index is 5.47. The predicted octanol–water partition coefficient (Wildman–Crippen LogP) is 2.29. The number of ether oxygens (including phenoxy) is 1. The van der Waals surface area contributed by atoms with Gasteiger partial charge in [-0.1, -0.05) is 6.42 Å². The van der Waals surface area contributed by atoms with Crippen molar-refractivity contribution in [2.24, 2.45) is 5.92 Å². The van der Waals surface area contributed by atoms with Crippen LogP contribution >= 0.6 is 11.8 Å². The molecule has 2 rings (SSSR count). The molecule has 2 saturated heterocycles. The Kier molecular flexibility index (Phi) is 4.35. The first kappa shape index (κ1) is 11.7. The Morgan fingerprint density at radius 2 is 2.33 bits per heavy atom. The number of rotatable bonds is 3. The maximum Gasteiger partial charge on any atom is 0.0647 e. The van der Waals surface area contributed by atoms with E-state index in [0.717, 1.165) is 12.5 Å². The van der Waals surface area contributed by atoms with Gasteiger partial charge in [-0.05, 0) is 49.7 Å². The minimum Gasteiger partial charge on any atom is -0.383 e. The van der Waals surface area contributed by atoms with E-state index in [1.54, 1.807) is 0 Å². The van der Waals surface area contributed by atoms with Crippen LogP contribution in [0.5, 0.6) is 0 Å². The summed E-state index contributed by atoms with van der Waals surface area (Å²) in [6.07, 6.45) is 6.81. The molecular formula is C12H23NOS. The first-order valence-corrected chi connectivity index (χ1v) is 7.34. The highest BCUT2D eigenvalue weighted by Crippen LogP contribution is 2.36. The van der Waals surface area contributed by atoms with Gasteiger partial charge in [-0.15, -0.1) is 0 Å². The van der Waals surface area contributed by atoms with Crippen LogP contribution in [0.1, 0.15) is 32.1 Å². The van der Waals surface area contributed by atoms with Crippen molar-refractivity contribution in [3.63, 3.8) is 0 Å². The van der Waals surface area contributed by atoms with Crippen molar-refractivity contribution in [1.29, 1.82) is 0 Å². The molecule has 0 spiro atoms. The molecule has 2 aliphatic heterocycles. The Morgan fingerprint density at radius 3 is 2.93 bits per heavy atom. The molecule has 2 atom stereocenters. The normalized spacial score (nSPS) is 37.8. The third kappa shape index (κ3) is 2.69. The third-order valence-electron chi connectivity index (χ3n) is 3.87. The standard InChI is InChI=1S/C12H23NOS/c1-14-10-12(6-2-3-7-13-12)11-5-4-8-15-9-11/h11,13H,2-10H2,1H3. The van der Waals surface area contributed by atoms with Gasteiger partial charge in [0.15, 0.2) is 0 Å². The molecule has 0 aromatic carbocycles. The predicted molar refractivity (Wildman–Crippen MR) is 66.5 cm³/mol. The van der Waals surface area contributed by atoms with Crippen LogP contribution < -0.4 is 5.32 Å². The highest BCUT2D eigenvalue weighted by Gasteiger charge is 2.40. The Morgan fingerprint density at radius 1 is 1.40 bits per heavy atom. The van der Waals surface area contributed by atoms with E-state index in [0.29, 0.717) is 5.54 Å². The van der Waals surface area contributed by atoms with E-state index in [9.17, 15) is 0 Å². The van der Waals surface area contributed by atoms with E-state index < -0.39 is 0 Å². The number of thioether (sulfide) groups is 1. The molecule has 2 fully saturated rings. The zero-order valence-corrected chi connectivity index (χ0v) is 10.6. The monoisotopic (exact) mass is 229 g/mol. The number of nitrogens with one attached hydrogen (secondary N) is 1. The summed E-state index contributed by atoms with van der Waals surface area (Å²) in [7, 11) is 1.84. The molecule has 15 heavy (non-hydrogen) atoms. The molecule has 3 heteroatoms. The van der Waals surface area contributed by atoms with Crippen LogP contribution in [0.3, 0.4) is 0 Å². The van der Waals surface area contributed by atoms with Crippen molar-refractivity contribution in [3.05, 3.63) is 0 Å². The lowest BCUT2D eigenvalue weighted by molar-refractivity contribution is 0.0508. The van der Waals surface area contributed by atoms with E-state index in [1.807, 2.05) is 7.11 Å². The van der Waals surface area contributed by atoms with Crippen LogP contribution in [-0.2, 0) is 4.74 Å². The fourth-order valence-corrected chi connectivity index (χ4v) is 4.32. The average molecular weight is 229 g/mol. The smallest absolute Gasteiger partial charge is 0.0647 e. The number of piperidine rings is 1. The van der Waals surface area contributed by atoms with E-state index in [4.69, 9.17) is 4.74 Å². The Labute approximate surface area is 97.5 Å². The topological polar surface area (TPSA) is 21.3 Å². The van der Waals surface area contributed by atoms with Crippen LogP contribution in [0.2, 0.25) is 0 Å². The molecular weight excluding hydrogens is 206 g/mol. The molecule has 0 saturated carbocycles. The van der Waals surface area contributed by atoms with Gasteiger partial charge in [0.2, 0.25) is 0 Å². The number of methoxy groups -OCH3 is 1. The Balaban J connectivity index is 2.01. The van der Waals surface area contributed by atoms with E-state index in [-0.39, 0.29) is 0 Å². The molecule has 0 aromatic heterocycles. The summed E-state index contributed by atoms with van der Waals surface area (Å²) >= 11 is 2.13. The highest BCUT2D eigenvalue weighted by molar-refractivity contribution is 7.99. The van der Waals surface area contributed by atoms with Gasteiger partial charge in [0, 0.05) is 12.6 Å². The summed E-state index contributed by atoms with van der Waals surface area (Å²) in [5.41, 5.74) is 0.306. The van der Waals surface area contributed by atoms with Crippen LogP contribution in [0, 0.1) is 5.92 Å². The van der Waals surface area contributed by atoms with Crippen LogP contribution in [0.4, 0.5) is 0 Å². The van der Waals surface area contributed by atoms with Crippen LogP contribution in [-0.4, -0.2) is 37.3 Å². The van der Waals surface area contributed by atoms with Crippen molar-refractivity contribution in [2.45, 2.75) is 37.6 Å². The second-order valence-electron chi connectivity index (χ2n) is 4.89. The van der Waals surface area contributed by atoms with Gasteiger partial charge in [0.25, 0.3) is 0 Å². The SMILES string of the molecule is COCC1(C2CCCSC2)CCCCN1. The average Bonchev–Trinajstić information content (AvgIpc) is 2.32. The molecule has 1 N–H and O–H groups in total. The second-order valence-corrected chi connectivity index (χ2v) is 6.04. The second kappa shape index (κ2) is 5.55. The Bertz CT molecular complexity index is 181. The molecule has 2 heterocycles. The fourth-order valence-electron chi connectivity index (χ4n) is 3.01. The molecule has 88 valence electrons. The number of hydrogen-bond donors (Lipinski definition) is 1. The van der Waals surface area contributed by atoms with E-state index in [2.05, 4.69) is 17.1 Å². The van der Waals surface area contributed by atoms with Crippen molar-refractivity contribution in [2.75, 3.05) is 31.8 Å². The number of hydrogen-bond acceptors (Lipinski definition) is 3. The van der Waals surface area contributed by atoms with Gasteiger partial charge in [0.05, 0.1) is 6.61 Å². The lowest BCUT2D eigenvalue weighted by Gasteiger charge is -2.45. The van der Waals surface area contributed by atoms with Crippen LogP contribution in [0.25, 0.3) is 0 Å². The van der Waals surface area contributed by atoms with E-state index >= 15 is 0 Å². The van der Waals surface area contributed by atoms with E-state index in [1.165, 1.54) is 50.2 Å². The molecule has 0 amide bonds. The summed E-state index contributed by atoms with van der Waals surface area (Å²) in [4.78, 5) is 0. The van der Waals surface area contributed by atoms with Crippen molar-refractivity contribution in [3.8, 4) is 0 Å². The minimum atomic E-state index is 0.306. The molecule has 0 aromatic rings. The summed E-state index contributed by atoms with van der Waals surface area (Å²) in [6, 6.07) is 0. The van der Waals surface area contributed by atoms with Crippen LogP contribution in [0.15, 0.2) is 0 Å². The van der Waals surface area contributed by atoms with Gasteiger partial charge in [-0.2, -0.15) is 11.8 Å². The third-order valence-corrected chi connectivity index (χ3v) is 5.09. The zero-order valence-electron chi connectivity index (χ0n) is 9.76. The maximum absolute atomic E-state index is 5.47. The zero-order chi connectivity index (χ0) is 10.6. The lowest BCUT2D eigenvalue weighted by atomic mass is 9.76. The minimum absolute atomic E-state index is 0.306. The van der Waals surface area contributed by atoms with Crippen molar-refractivity contribution in [1.82, 2.24) is 5.32 Å². The van der Waals surface area contributed by atoms with Gasteiger partial charge in [-0.25, -0.2) is 0 Å². The first-order valence-electron chi connectivity index (χ1n) is 6.19. The highest BCUT2D eigenvalue weighted by atomic mass is 32.2. The largest absolute Gasteiger partial charge is 0.383 e.